The van der Waals surface area contributed by atoms with Gasteiger partial charge < -0.3 is 25.2 Å². The molecule has 0 aliphatic heterocycles. The van der Waals surface area contributed by atoms with E-state index in [1.807, 2.05) is 24.3 Å². The van der Waals surface area contributed by atoms with Crippen LogP contribution in [0.4, 0.5) is 33.6 Å². The number of rotatable bonds is 15. The molecule has 0 amide bonds. The molecule has 0 saturated carbocycles. The number of carbonyl (C=O) groups is 2. The third-order valence-electron chi connectivity index (χ3n) is 8.86. The van der Waals surface area contributed by atoms with Crippen LogP contribution in [-0.2, 0) is 51.0 Å². The van der Waals surface area contributed by atoms with E-state index in [-0.39, 0.29) is 58.5 Å². The number of hydrogen-bond acceptors (Lipinski definition) is 26. The molecule has 7 aromatic rings. The third kappa shape index (κ3) is 16.3. The number of aromatic nitrogens is 3. The van der Waals surface area contributed by atoms with E-state index in [9.17, 15) is 51.4 Å². The van der Waals surface area contributed by atoms with Crippen LogP contribution < -0.4 is 4.74 Å². The van der Waals surface area contributed by atoms with Crippen LogP contribution >= 0.6 is 11.3 Å². The number of thiazole rings is 1. The highest BCUT2D eigenvalue weighted by Gasteiger charge is 2.23. The largest absolute Gasteiger partial charge is 0.505 e. The first-order chi connectivity index (χ1) is 34.7. The van der Waals surface area contributed by atoms with Gasteiger partial charge in [-0.1, -0.05) is 29.5 Å². The second-order valence-electron chi connectivity index (χ2n) is 13.7. The van der Waals surface area contributed by atoms with Crippen LogP contribution in [0.3, 0.4) is 0 Å². The average Bonchev–Trinajstić information content (AvgIpc) is 3.90. The molecule has 2 aromatic heterocycles. The summed E-state index contributed by atoms with van der Waals surface area (Å²) < 4.78 is 126. The normalized spacial score (nSPS) is 11.3. The molecule has 74 heavy (non-hydrogen) atoms. The molecule has 0 bridgehead atoms. The highest BCUT2D eigenvalue weighted by atomic mass is 32.2. The van der Waals surface area contributed by atoms with Crippen LogP contribution in [0.2, 0.25) is 0 Å². The van der Waals surface area contributed by atoms with E-state index < -0.39 is 92.5 Å². The summed E-state index contributed by atoms with van der Waals surface area (Å²) in [6.07, 6.45) is 1.14. The number of aromatic carboxylic acids is 2. The van der Waals surface area contributed by atoms with Gasteiger partial charge in [0.05, 0.1) is 51.3 Å². The zero-order valence-corrected chi connectivity index (χ0v) is 40.7. The molecule has 0 unspecified atom stereocenters. The maximum atomic E-state index is 12.7. The first kappa shape index (κ1) is 57.6. The summed E-state index contributed by atoms with van der Waals surface area (Å²) in [6, 6.07) is 18.2. The quantitative estimate of drug-likeness (QED) is 0.0372. The lowest BCUT2D eigenvalue weighted by Crippen LogP contribution is -2.08. The smallest absolute Gasteiger partial charge is 0.425 e. The predicted molar refractivity (Wildman–Crippen MR) is 249 cm³/mol. The van der Waals surface area contributed by atoms with E-state index in [0.29, 0.717) is 16.4 Å². The standard InChI is InChI=1S/C38H29N9O13S3.CO2.2O3S/c1-19-13-29(31(60-11-4-12-62(54,55)56)17-28(19)43-46-38-40-25-5-2-3-6-32(25)61-38)44-41-26-9-8-24-23(33(26)48)7-10-27(34(24)63(57,58)59)42-45-30-18-39-47(35(30)49)22-15-20(36(50)51)14-21(16-22)37(52)53;2-1-3;2*1-4(2)3/h2-3,5-10,13-18,48-49H,4,11-12H2,1H3,(H,50,51)(H,52,53)(H,54,55,56)(H,57,58,59);;;. The highest BCUT2D eigenvalue weighted by Crippen LogP contribution is 2.43. The fourth-order valence-electron chi connectivity index (χ4n) is 5.94. The fourth-order valence-corrected chi connectivity index (χ4v) is 8.04. The summed E-state index contributed by atoms with van der Waals surface area (Å²) in [7, 11) is -15.6. The van der Waals surface area contributed by atoms with Gasteiger partial charge in [-0.3, -0.25) is 9.11 Å². The SMILES string of the molecule is Cc1cc(N=Nc2ccc3c(S(=O)(=O)O)c(N=Nc4cnn(-c5cc(C(=O)O)cc(C(=O)O)c5)c4O)ccc3c2O)c(OCCCS(=O)(=O)O)cc1N=Nc1nc2ccccc2s1.O=C=O.O=S(=O)=O.O=S(=O)=O. The Morgan fingerprint density at radius 3 is 1.84 bits per heavy atom. The number of fused-ring (bicyclic) bond motifs is 2. The Hall–Kier alpha value is -8.96. The number of para-hydroxylation sites is 1. The molecule has 35 heteroatoms. The summed E-state index contributed by atoms with van der Waals surface area (Å²) in [5.74, 6) is -4.69. The van der Waals surface area contributed by atoms with Crippen LogP contribution in [0.5, 0.6) is 17.4 Å². The van der Waals surface area contributed by atoms with Gasteiger partial charge in [-0.15, -0.1) is 55.9 Å². The van der Waals surface area contributed by atoms with Crippen LogP contribution in [0.25, 0.3) is 26.7 Å². The minimum Gasteiger partial charge on any atom is -0.505 e. The number of hydrogen-bond donors (Lipinski definition) is 6. The number of benzene rings is 5. The maximum absolute atomic E-state index is 12.7. The molecule has 30 nitrogen and oxygen atoms in total. The molecule has 386 valence electrons. The van der Waals surface area contributed by atoms with Gasteiger partial charge in [0.2, 0.25) is 11.0 Å². The van der Waals surface area contributed by atoms with Crippen molar-refractivity contribution < 1.29 is 95.5 Å². The molecule has 7 rings (SSSR count). The summed E-state index contributed by atoms with van der Waals surface area (Å²) >= 11 is 1.33. The molecule has 0 aliphatic rings. The van der Waals surface area contributed by atoms with E-state index in [2.05, 4.69) is 40.8 Å². The van der Waals surface area contributed by atoms with Gasteiger partial charge in [0.1, 0.15) is 27.7 Å². The molecule has 0 aliphatic carbocycles. The molecule has 6 N–H and O–H groups in total. The van der Waals surface area contributed by atoms with E-state index >= 15 is 0 Å². The van der Waals surface area contributed by atoms with E-state index in [4.69, 9.17) is 44.1 Å². The topological polar surface area (TPSA) is 474 Å². The lowest BCUT2D eigenvalue weighted by atomic mass is 10.1. The van der Waals surface area contributed by atoms with Gasteiger partial charge in [-0.25, -0.2) is 14.6 Å². The number of azo groups is 3. The second kappa shape index (κ2) is 25.4. The monoisotopic (exact) mass is 1120 g/mol. The molecule has 0 saturated heterocycles. The van der Waals surface area contributed by atoms with E-state index in [0.717, 1.165) is 45.4 Å². The average molecular weight is 1120 g/mol. The van der Waals surface area contributed by atoms with Crippen LogP contribution in [0, 0.1) is 6.92 Å². The molecule has 2 heterocycles. The number of aryl methyl sites for hydroxylation is 1. The zero-order chi connectivity index (χ0) is 55.1. The summed E-state index contributed by atoms with van der Waals surface area (Å²) in [5.41, 5.74) is -0.209. The Bertz CT molecular complexity index is 3810. The summed E-state index contributed by atoms with van der Waals surface area (Å²) in [6.45, 7) is 1.53. The van der Waals surface area contributed by atoms with Gasteiger partial charge in [0.15, 0.2) is 11.4 Å². The number of carboxylic acid groups (broad SMARTS) is 2. The van der Waals surface area contributed by atoms with Gasteiger partial charge >= 0.3 is 39.3 Å². The van der Waals surface area contributed by atoms with E-state index in [1.165, 1.54) is 35.6 Å². The molecule has 0 radical (unpaired) electrons. The van der Waals surface area contributed by atoms with Crippen molar-refractivity contribution in [3.63, 3.8) is 0 Å². The minimum atomic E-state index is -5.09. The minimum absolute atomic E-state index is 0.0808. The van der Waals surface area contributed by atoms with Crippen LogP contribution in [0.15, 0.2) is 121 Å². The Labute approximate surface area is 419 Å². The molecular formula is C39H29N9O21S5. The summed E-state index contributed by atoms with van der Waals surface area (Å²) in [5, 5.41) is 69.5. The Balaban J connectivity index is 0.000000984. The van der Waals surface area contributed by atoms with Gasteiger partial charge in [-0.2, -0.15) is 36.2 Å². The second-order valence-corrected chi connectivity index (χ2v) is 18.5. The number of carboxylic acids is 2. The predicted octanol–water partition coefficient (Wildman–Crippen LogP) is 6.31. The number of phenols is 1. The first-order valence-electron chi connectivity index (χ1n) is 19.3. The molecular weight excluding hydrogens is 1090 g/mol. The number of phenolic OH excluding ortho intramolecular Hbond substituents is 1. The van der Waals surface area contributed by atoms with Gasteiger partial charge in [0.25, 0.3) is 20.2 Å². The van der Waals surface area contributed by atoms with Crippen molar-refractivity contribution in [2.75, 3.05) is 12.4 Å². The van der Waals surface area contributed by atoms with Crippen molar-refractivity contribution in [1.82, 2.24) is 14.8 Å². The van der Waals surface area contributed by atoms with Crippen LogP contribution in [-0.4, -0.2) is 117 Å². The zero-order valence-electron chi connectivity index (χ0n) is 36.6. The Morgan fingerprint density at radius 1 is 0.716 bits per heavy atom. The number of carbonyl (C=O) groups excluding carboxylic acids is 2. The Morgan fingerprint density at radius 2 is 1.26 bits per heavy atom. The third-order valence-corrected chi connectivity index (χ3v) is 11.5. The number of nitrogens with zero attached hydrogens (tertiary/aromatic N) is 9. The van der Waals surface area contributed by atoms with Gasteiger partial charge in [0, 0.05) is 16.8 Å². The van der Waals surface area contributed by atoms with Crippen molar-refractivity contribution in [2.24, 2.45) is 30.7 Å². The lowest BCUT2D eigenvalue weighted by Gasteiger charge is -2.11. The van der Waals surface area contributed by atoms with Crippen molar-refractivity contribution in [1.29, 1.82) is 0 Å². The molecule has 0 fully saturated rings. The lowest BCUT2D eigenvalue weighted by molar-refractivity contribution is -0.191. The Kier molecular flexibility index (Phi) is 19.8. The number of aromatic hydroxyl groups is 2. The molecule has 5 aromatic carbocycles. The number of ether oxygens (including phenoxy) is 1. The molecule has 0 spiro atoms. The van der Waals surface area contributed by atoms with Crippen molar-refractivity contribution >= 4 is 125 Å². The van der Waals surface area contributed by atoms with Crippen molar-refractivity contribution in [2.45, 2.75) is 18.2 Å². The van der Waals surface area contributed by atoms with Gasteiger partial charge in [-0.05, 0) is 73.5 Å². The first-order valence-corrected chi connectivity index (χ1v) is 25.1. The van der Waals surface area contributed by atoms with Crippen LogP contribution in [0.1, 0.15) is 32.7 Å². The maximum Gasteiger partial charge on any atom is 0.425 e. The van der Waals surface area contributed by atoms with Crippen molar-refractivity contribution in [3.8, 4) is 23.1 Å². The summed E-state index contributed by atoms with van der Waals surface area (Å²) in [4.78, 5) is 43.0. The fraction of sp³-hybridized carbons (Fsp3) is 0.103. The highest BCUT2D eigenvalue weighted by molar-refractivity contribution is 7.86. The van der Waals surface area contributed by atoms with Crippen molar-refractivity contribution in [3.05, 3.63) is 102 Å². The van der Waals surface area contributed by atoms with E-state index in [1.54, 1.807) is 13.0 Å². The molecule has 0 atom stereocenters.